The van der Waals surface area contributed by atoms with Crippen LogP contribution in [0.5, 0.6) is 23.0 Å². The standard InChI is InChI=1S/C58H59N7O13S3/c1-58(2,80-79-20-16-51(81(72,73)74)55(69)59-18-19-63-53(67)13-14-54(63)68)17-15-52(66)62-38-22-34(32-77-49-28-43-41(26-47(49)75-3)56(70)64-39(30-60-43)24-36-9-5-7-11-45(36)64)21-35(23-38)33-78-50-29-44-42(27-48(50)76-4)57(71)65-40(31-61-44)25-37-10-6-8-12-46(37)65/h5-14,21-23,26-30,39-40,51,61H,15-20,24-25,31-33H2,1-4H3,(H,59,69)(H,62,66)(H,72,73,74)/t39-,40-,51?/m0/s1. The predicted octanol–water partition coefficient (Wildman–Crippen LogP) is 7.71. The number of amides is 6. The summed E-state index contributed by atoms with van der Waals surface area (Å²) in [6.45, 7) is 4.04. The van der Waals surface area contributed by atoms with Gasteiger partial charge >= 0.3 is 0 Å². The van der Waals surface area contributed by atoms with Crippen molar-refractivity contribution in [3.63, 3.8) is 0 Å². The summed E-state index contributed by atoms with van der Waals surface area (Å²) in [5.74, 6) is -1.13. The Labute approximate surface area is 476 Å². The molecule has 3 atom stereocenters. The second kappa shape index (κ2) is 23.7. The number of hydrogen-bond acceptors (Lipinski definition) is 16. The van der Waals surface area contributed by atoms with Crippen LogP contribution in [0.4, 0.5) is 28.4 Å². The molecule has 0 fully saturated rings. The number of rotatable bonds is 22. The molecule has 23 heteroatoms. The molecule has 4 N–H and O–H groups in total. The number of carbonyl (C=O) groups excluding carboxylic acids is 6. The van der Waals surface area contributed by atoms with E-state index < -0.39 is 37.8 Å². The van der Waals surface area contributed by atoms with Crippen molar-refractivity contribution in [3.8, 4) is 23.0 Å². The molecule has 0 bridgehead atoms. The molecular formula is C58H59N7O13S3. The van der Waals surface area contributed by atoms with Crippen molar-refractivity contribution in [2.24, 2.45) is 4.99 Å². The quantitative estimate of drug-likeness (QED) is 0.0224. The molecule has 5 aromatic rings. The van der Waals surface area contributed by atoms with Crippen molar-refractivity contribution >= 4 is 102 Å². The Morgan fingerprint density at radius 3 is 2.09 bits per heavy atom. The highest BCUT2D eigenvalue weighted by atomic mass is 33.1. The lowest BCUT2D eigenvalue weighted by Gasteiger charge is -2.23. The third-order valence-electron chi connectivity index (χ3n) is 14.5. The zero-order valence-corrected chi connectivity index (χ0v) is 47.2. The Hall–Kier alpha value is -7.86. The van der Waals surface area contributed by atoms with Crippen molar-refractivity contribution < 1.29 is 60.7 Å². The van der Waals surface area contributed by atoms with Gasteiger partial charge < -0.3 is 39.8 Å². The van der Waals surface area contributed by atoms with Crippen LogP contribution >= 0.6 is 21.6 Å². The summed E-state index contributed by atoms with van der Waals surface area (Å²) < 4.78 is 58.3. The lowest BCUT2D eigenvalue weighted by Crippen LogP contribution is -2.44. The highest BCUT2D eigenvalue weighted by molar-refractivity contribution is 8.77. The molecule has 0 saturated heterocycles. The highest BCUT2D eigenvalue weighted by Crippen LogP contribution is 2.44. The topological polar surface area (TPSA) is 252 Å². The van der Waals surface area contributed by atoms with E-state index in [9.17, 15) is 41.7 Å². The van der Waals surface area contributed by atoms with Gasteiger partial charge in [-0.05, 0) is 97.8 Å². The molecule has 0 aliphatic carbocycles. The van der Waals surface area contributed by atoms with Gasteiger partial charge in [-0.15, -0.1) is 0 Å². The maximum atomic E-state index is 14.1. The van der Waals surface area contributed by atoms with Gasteiger partial charge in [-0.2, -0.15) is 8.42 Å². The number of ether oxygens (including phenoxy) is 4. The van der Waals surface area contributed by atoms with Crippen LogP contribution in [-0.2, 0) is 55.4 Å². The van der Waals surface area contributed by atoms with Gasteiger partial charge in [0.1, 0.15) is 13.2 Å². The molecule has 20 nitrogen and oxygen atoms in total. The van der Waals surface area contributed by atoms with E-state index in [1.54, 1.807) is 47.5 Å². The lowest BCUT2D eigenvalue weighted by molar-refractivity contribution is -0.137. The van der Waals surface area contributed by atoms with E-state index in [2.05, 4.69) is 16.0 Å². The molecule has 0 aromatic heterocycles. The summed E-state index contributed by atoms with van der Waals surface area (Å²) in [4.78, 5) is 87.8. The number of carbonyl (C=O) groups is 6. The Balaban J connectivity index is 0.821. The average molecular weight is 1160 g/mol. The first-order chi connectivity index (χ1) is 38.9. The molecule has 6 amide bonds. The van der Waals surface area contributed by atoms with E-state index in [-0.39, 0.29) is 74.7 Å². The van der Waals surface area contributed by atoms with Crippen LogP contribution in [0.2, 0.25) is 0 Å². The number of para-hydroxylation sites is 2. The van der Waals surface area contributed by atoms with Crippen LogP contribution in [0.1, 0.15) is 76.1 Å². The van der Waals surface area contributed by atoms with E-state index in [0.717, 1.165) is 46.0 Å². The number of imide groups is 1. The van der Waals surface area contributed by atoms with Crippen molar-refractivity contribution in [2.75, 3.05) is 60.0 Å². The maximum absolute atomic E-state index is 14.1. The molecule has 5 heterocycles. The normalized spacial score (nSPS) is 17.2. The largest absolute Gasteiger partial charge is 0.493 e. The van der Waals surface area contributed by atoms with Gasteiger partial charge in [0.15, 0.2) is 28.2 Å². The van der Waals surface area contributed by atoms with Gasteiger partial charge in [0.05, 0.1) is 48.8 Å². The number of benzene rings is 5. The summed E-state index contributed by atoms with van der Waals surface area (Å²) in [7, 11) is 0.903. The van der Waals surface area contributed by atoms with Crippen LogP contribution in [0.15, 0.2) is 108 Å². The summed E-state index contributed by atoms with van der Waals surface area (Å²) >= 11 is 0. The number of methoxy groups -OCH3 is 2. The van der Waals surface area contributed by atoms with Gasteiger partial charge in [-0.25, -0.2) is 0 Å². The third kappa shape index (κ3) is 12.4. The lowest BCUT2D eigenvalue weighted by atomic mass is 10.1. The number of nitrogens with one attached hydrogen (secondary N) is 3. The first kappa shape index (κ1) is 56.4. The Morgan fingerprint density at radius 1 is 0.802 bits per heavy atom. The van der Waals surface area contributed by atoms with E-state index in [1.165, 1.54) is 35.8 Å². The molecule has 0 saturated carbocycles. The van der Waals surface area contributed by atoms with Crippen molar-refractivity contribution in [2.45, 2.75) is 81.2 Å². The van der Waals surface area contributed by atoms with Gasteiger partial charge in [0.25, 0.3) is 33.7 Å². The number of hydrogen-bond donors (Lipinski definition) is 4. The van der Waals surface area contributed by atoms with Crippen molar-refractivity contribution in [1.82, 2.24) is 10.2 Å². The van der Waals surface area contributed by atoms with Crippen LogP contribution in [-0.4, -0.2) is 121 Å². The van der Waals surface area contributed by atoms with Gasteiger partial charge in [0.2, 0.25) is 11.8 Å². The fourth-order valence-electron chi connectivity index (χ4n) is 10.4. The van der Waals surface area contributed by atoms with E-state index in [4.69, 9.17) is 23.9 Å². The van der Waals surface area contributed by atoms with Crippen LogP contribution < -0.4 is 44.7 Å². The first-order valence-electron chi connectivity index (χ1n) is 26.2. The molecule has 5 aliphatic rings. The first-order valence-corrected chi connectivity index (χ1v) is 30.0. The van der Waals surface area contributed by atoms with E-state index in [1.807, 2.05) is 73.3 Å². The van der Waals surface area contributed by atoms with Gasteiger partial charge in [-0.3, -0.25) is 48.1 Å². The second-order valence-electron chi connectivity index (χ2n) is 20.5. The second-order valence-corrected chi connectivity index (χ2v) is 25.3. The summed E-state index contributed by atoms with van der Waals surface area (Å²) in [6.07, 6.45) is 5.61. The van der Waals surface area contributed by atoms with Crippen LogP contribution in [0, 0.1) is 0 Å². The van der Waals surface area contributed by atoms with Crippen molar-refractivity contribution in [3.05, 3.63) is 137 Å². The number of anilines is 4. The molecule has 5 aliphatic heterocycles. The summed E-state index contributed by atoms with van der Waals surface area (Å²) in [5, 5.41) is 7.12. The fraction of sp³-hybridized carbons (Fsp3) is 0.328. The van der Waals surface area contributed by atoms with Gasteiger partial charge in [-0.1, -0.05) is 58.0 Å². The number of aliphatic imine (C=N–C) groups is 1. The average Bonchev–Trinajstić information content (AvgIpc) is 4.28. The molecule has 81 heavy (non-hydrogen) atoms. The Bertz CT molecular complexity index is 3520. The summed E-state index contributed by atoms with van der Waals surface area (Å²) in [6, 6.07) is 27.6. The predicted molar refractivity (Wildman–Crippen MR) is 310 cm³/mol. The minimum absolute atomic E-state index is 0.0000351. The third-order valence-corrected chi connectivity index (χ3v) is 19.0. The highest BCUT2D eigenvalue weighted by Gasteiger charge is 2.39. The monoisotopic (exact) mass is 1160 g/mol. The summed E-state index contributed by atoms with van der Waals surface area (Å²) in [5.41, 5.74) is 7.54. The zero-order chi connectivity index (χ0) is 57.2. The van der Waals surface area contributed by atoms with Crippen LogP contribution in [0.3, 0.4) is 0 Å². The van der Waals surface area contributed by atoms with Crippen LogP contribution in [0.25, 0.3) is 0 Å². The van der Waals surface area contributed by atoms with E-state index in [0.29, 0.717) is 81.7 Å². The Kier molecular flexibility index (Phi) is 16.5. The Morgan fingerprint density at radius 2 is 1.42 bits per heavy atom. The number of nitrogens with zero attached hydrogens (tertiary/aromatic N) is 4. The molecule has 0 radical (unpaired) electrons. The molecule has 5 aromatic carbocycles. The molecular weight excluding hydrogens is 1100 g/mol. The fourth-order valence-corrected chi connectivity index (χ4v) is 14.0. The maximum Gasteiger partial charge on any atom is 0.276 e. The number of fused-ring (bicyclic) bond motifs is 8. The smallest absolute Gasteiger partial charge is 0.276 e. The van der Waals surface area contributed by atoms with Crippen molar-refractivity contribution in [1.29, 1.82) is 0 Å². The van der Waals surface area contributed by atoms with Gasteiger partial charge in [0, 0.05) is 90.5 Å². The molecule has 1 unspecified atom stereocenters. The van der Waals surface area contributed by atoms with E-state index >= 15 is 0 Å². The molecule has 422 valence electrons. The molecule has 0 spiro atoms. The molecule has 10 rings (SSSR count). The zero-order valence-electron chi connectivity index (χ0n) is 44.8. The minimum Gasteiger partial charge on any atom is -0.493 e. The SMILES string of the molecule is COc1cc2c(cc1OCc1cc(COc3cc4c(cc3OC)C(=O)N3c5ccccc5C[C@H]3CN4)cc(NC(=O)CCC(C)(C)SSCCC(C(=O)NCCN3C(=O)C=CC3=O)S(=O)(=O)O)c1)N=C[C@@H]1Cc3ccccc3N1C2=O. The minimum atomic E-state index is -4.79.